The van der Waals surface area contributed by atoms with Crippen LogP contribution in [0.15, 0.2) is 18.2 Å². The predicted octanol–water partition coefficient (Wildman–Crippen LogP) is 1.88. The van der Waals surface area contributed by atoms with Crippen LogP contribution in [0.2, 0.25) is 0 Å². The molecule has 3 rings (SSSR count). The third kappa shape index (κ3) is 1.34. The summed E-state index contributed by atoms with van der Waals surface area (Å²) in [6.07, 6.45) is 2.79. The standard InChI is InChI=1S/C12H16N2O/c1-15-11-3-2-9(13)6-10(11)14-7-12(8-14)4-5-12/h2-3,6H,4-5,7-8,13H2,1H3. The third-order valence-corrected chi connectivity index (χ3v) is 3.55. The second-order valence-corrected chi connectivity index (χ2v) is 4.79. The third-order valence-electron chi connectivity index (χ3n) is 3.55. The largest absolute Gasteiger partial charge is 0.495 e. The first-order chi connectivity index (χ1) is 7.22. The van der Waals surface area contributed by atoms with Crippen molar-refractivity contribution in [2.45, 2.75) is 12.8 Å². The maximum absolute atomic E-state index is 5.80. The van der Waals surface area contributed by atoms with Gasteiger partial charge >= 0.3 is 0 Å². The van der Waals surface area contributed by atoms with Crippen LogP contribution in [0.4, 0.5) is 11.4 Å². The van der Waals surface area contributed by atoms with Gasteiger partial charge in [-0.1, -0.05) is 0 Å². The molecule has 80 valence electrons. The zero-order chi connectivity index (χ0) is 10.5. The molecule has 2 N–H and O–H groups in total. The van der Waals surface area contributed by atoms with Crippen molar-refractivity contribution in [3.8, 4) is 5.75 Å². The molecule has 0 radical (unpaired) electrons. The second-order valence-electron chi connectivity index (χ2n) is 4.79. The number of ether oxygens (including phenoxy) is 1. The average Bonchev–Trinajstić information content (AvgIpc) is 2.95. The normalized spacial score (nSPS) is 21.3. The van der Waals surface area contributed by atoms with Crippen LogP contribution in [0.1, 0.15) is 12.8 Å². The van der Waals surface area contributed by atoms with Gasteiger partial charge in [0.1, 0.15) is 5.75 Å². The summed E-state index contributed by atoms with van der Waals surface area (Å²) in [5.74, 6) is 0.930. The summed E-state index contributed by atoms with van der Waals surface area (Å²) in [6.45, 7) is 2.35. The fourth-order valence-corrected chi connectivity index (χ4v) is 2.38. The first-order valence-corrected chi connectivity index (χ1v) is 5.41. The van der Waals surface area contributed by atoms with Crippen LogP contribution < -0.4 is 15.4 Å². The molecule has 2 aliphatic rings. The summed E-state index contributed by atoms with van der Waals surface area (Å²) >= 11 is 0. The monoisotopic (exact) mass is 204 g/mol. The van der Waals surface area contributed by atoms with Crippen LogP contribution >= 0.6 is 0 Å². The smallest absolute Gasteiger partial charge is 0.142 e. The Morgan fingerprint density at radius 3 is 2.67 bits per heavy atom. The van der Waals surface area contributed by atoms with Crippen molar-refractivity contribution in [2.75, 3.05) is 30.8 Å². The van der Waals surface area contributed by atoms with Crippen LogP contribution in [0, 0.1) is 5.41 Å². The lowest BCUT2D eigenvalue weighted by molar-refractivity contribution is 0.372. The van der Waals surface area contributed by atoms with E-state index in [1.54, 1.807) is 7.11 Å². The van der Waals surface area contributed by atoms with E-state index in [0.29, 0.717) is 5.41 Å². The van der Waals surface area contributed by atoms with E-state index in [4.69, 9.17) is 10.5 Å². The van der Waals surface area contributed by atoms with Crippen LogP contribution in [-0.2, 0) is 0 Å². The molecule has 0 amide bonds. The van der Waals surface area contributed by atoms with Gasteiger partial charge in [0, 0.05) is 24.2 Å². The molecule has 1 aliphatic heterocycles. The minimum Gasteiger partial charge on any atom is -0.495 e. The molecule has 2 fully saturated rings. The Labute approximate surface area is 89.8 Å². The molecular formula is C12H16N2O. The van der Waals surface area contributed by atoms with Gasteiger partial charge in [0.25, 0.3) is 0 Å². The number of anilines is 2. The van der Waals surface area contributed by atoms with Crippen molar-refractivity contribution in [1.29, 1.82) is 0 Å². The molecule has 1 saturated carbocycles. The Bertz CT molecular complexity index is 391. The van der Waals surface area contributed by atoms with Gasteiger partial charge in [0.15, 0.2) is 0 Å². The van der Waals surface area contributed by atoms with E-state index >= 15 is 0 Å². The predicted molar refractivity (Wildman–Crippen MR) is 61.3 cm³/mol. The number of benzene rings is 1. The van der Waals surface area contributed by atoms with Crippen LogP contribution in [0.5, 0.6) is 5.75 Å². The summed E-state index contributed by atoms with van der Waals surface area (Å²) in [6, 6.07) is 5.84. The molecular weight excluding hydrogens is 188 g/mol. The first-order valence-electron chi connectivity index (χ1n) is 5.41. The fourth-order valence-electron chi connectivity index (χ4n) is 2.38. The highest BCUT2D eigenvalue weighted by Crippen LogP contribution is 2.55. The van der Waals surface area contributed by atoms with Crippen molar-refractivity contribution in [3.05, 3.63) is 18.2 Å². The van der Waals surface area contributed by atoms with E-state index < -0.39 is 0 Å². The molecule has 1 aliphatic carbocycles. The highest BCUT2D eigenvalue weighted by Gasteiger charge is 2.52. The van der Waals surface area contributed by atoms with Crippen molar-refractivity contribution >= 4 is 11.4 Å². The topological polar surface area (TPSA) is 38.5 Å². The van der Waals surface area contributed by atoms with Gasteiger partial charge in [0.05, 0.1) is 12.8 Å². The second kappa shape index (κ2) is 2.81. The zero-order valence-corrected chi connectivity index (χ0v) is 8.99. The van der Waals surface area contributed by atoms with Crippen molar-refractivity contribution < 1.29 is 4.74 Å². The van der Waals surface area contributed by atoms with E-state index in [1.807, 2.05) is 18.2 Å². The molecule has 3 nitrogen and oxygen atoms in total. The number of nitrogens with two attached hydrogens (primary N) is 1. The van der Waals surface area contributed by atoms with Gasteiger partial charge < -0.3 is 15.4 Å². The molecule has 1 aromatic carbocycles. The van der Waals surface area contributed by atoms with Gasteiger partial charge in [-0.15, -0.1) is 0 Å². The van der Waals surface area contributed by atoms with Crippen molar-refractivity contribution in [1.82, 2.24) is 0 Å². The van der Waals surface area contributed by atoms with E-state index in [0.717, 1.165) is 17.1 Å². The zero-order valence-electron chi connectivity index (χ0n) is 8.99. The molecule has 1 heterocycles. The molecule has 0 bridgehead atoms. The minimum atomic E-state index is 0.662. The maximum Gasteiger partial charge on any atom is 0.142 e. The first kappa shape index (κ1) is 8.89. The number of hydrogen-bond donors (Lipinski definition) is 1. The Hall–Kier alpha value is -1.38. The lowest BCUT2D eigenvalue weighted by Crippen LogP contribution is -2.48. The van der Waals surface area contributed by atoms with E-state index in [9.17, 15) is 0 Å². The van der Waals surface area contributed by atoms with E-state index in [-0.39, 0.29) is 0 Å². The fraction of sp³-hybridized carbons (Fsp3) is 0.500. The Morgan fingerprint density at radius 1 is 1.33 bits per heavy atom. The van der Waals surface area contributed by atoms with Gasteiger partial charge in [-0.05, 0) is 31.0 Å². The summed E-state index contributed by atoms with van der Waals surface area (Å²) in [4.78, 5) is 2.36. The highest BCUT2D eigenvalue weighted by atomic mass is 16.5. The molecule has 0 unspecified atom stereocenters. The quantitative estimate of drug-likeness (QED) is 0.747. The van der Waals surface area contributed by atoms with E-state index in [2.05, 4.69) is 4.90 Å². The van der Waals surface area contributed by atoms with Crippen molar-refractivity contribution in [3.63, 3.8) is 0 Å². The molecule has 3 heteroatoms. The number of rotatable bonds is 2. The van der Waals surface area contributed by atoms with Gasteiger partial charge in [0.2, 0.25) is 0 Å². The summed E-state index contributed by atoms with van der Waals surface area (Å²) < 4.78 is 5.35. The van der Waals surface area contributed by atoms with Crippen molar-refractivity contribution in [2.24, 2.45) is 5.41 Å². The number of hydrogen-bond acceptors (Lipinski definition) is 3. The molecule has 1 aromatic rings. The van der Waals surface area contributed by atoms with Crippen LogP contribution in [0.25, 0.3) is 0 Å². The maximum atomic E-state index is 5.80. The Morgan fingerprint density at radius 2 is 2.07 bits per heavy atom. The minimum absolute atomic E-state index is 0.662. The summed E-state index contributed by atoms with van der Waals surface area (Å²) in [5.41, 5.74) is 8.42. The Kier molecular flexibility index (Phi) is 1.67. The molecule has 0 aromatic heterocycles. The molecule has 1 spiro atoms. The van der Waals surface area contributed by atoms with Crippen LogP contribution in [0.3, 0.4) is 0 Å². The lowest BCUT2D eigenvalue weighted by atomic mass is 9.96. The molecule has 1 saturated heterocycles. The van der Waals surface area contributed by atoms with Gasteiger partial charge in [-0.2, -0.15) is 0 Å². The number of nitrogens with zero attached hydrogens (tertiary/aromatic N) is 1. The molecule has 0 atom stereocenters. The summed E-state index contributed by atoms with van der Waals surface area (Å²) in [7, 11) is 1.71. The van der Waals surface area contributed by atoms with Gasteiger partial charge in [-0.3, -0.25) is 0 Å². The number of methoxy groups -OCH3 is 1. The van der Waals surface area contributed by atoms with Gasteiger partial charge in [-0.25, -0.2) is 0 Å². The average molecular weight is 204 g/mol. The highest BCUT2D eigenvalue weighted by molar-refractivity contribution is 5.66. The van der Waals surface area contributed by atoms with E-state index in [1.165, 1.54) is 25.9 Å². The Balaban J connectivity index is 1.86. The summed E-state index contributed by atoms with van der Waals surface area (Å²) in [5, 5.41) is 0. The number of nitrogen functional groups attached to an aromatic ring is 1. The SMILES string of the molecule is COc1ccc(N)cc1N1CC2(CC2)C1. The molecule has 15 heavy (non-hydrogen) atoms. The lowest BCUT2D eigenvalue weighted by Gasteiger charge is -2.42. The van der Waals surface area contributed by atoms with Crippen LogP contribution in [-0.4, -0.2) is 20.2 Å².